The standard InChI is InChI=1S/C24H24O4S3/c1-5-27-23(25)21-19(13-11-17-9-7-15(3)29-17)31-20(22(21)24(26)28-6-2)14-12-18-10-8-16(4)30-18/h7-14H,5-6H2,1-4H3/b13-11+,14-12+. The van der Waals surface area contributed by atoms with Crippen LogP contribution in [0.15, 0.2) is 24.3 Å². The number of thiophene rings is 3. The Morgan fingerprint density at radius 3 is 1.45 bits per heavy atom. The van der Waals surface area contributed by atoms with E-state index in [1.54, 1.807) is 36.5 Å². The van der Waals surface area contributed by atoms with Crippen molar-refractivity contribution in [3.05, 3.63) is 64.7 Å². The lowest BCUT2D eigenvalue weighted by atomic mass is 10.1. The molecule has 7 heteroatoms. The first-order chi connectivity index (χ1) is 14.9. The maximum absolute atomic E-state index is 12.8. The summed E-state index contributed by atoms with van der Waals surface area (Å²) < 4.78 is 10.6. The topological polar surface area (TPSA) is 52.6 Å². The van der Waals surface area contributed by atoms with Crippen LogP contribution in [0.1, 0.15) is 63.8 Å². The van der Waals surface area contributed by atoms with Crippen LogP contribution in [0.25, 0.3) is 24.3 Å². The summed E-state index contributed by atoms with van der Waals surface area (Å²) in [6, 6.07) is 8.15. The molecule has 162 valence electrons. The Balaban J connectivity index is 2.11. The van der Waals surface area contributed by atoms with E-state index in [1.165, 1.54) is 21.1 Å². The maximum Gasteiger partial charge on any atom is 0.340 e. The fourth-order valence-corrected chi connectivity index (χ4v) is 5.56. The fourth-order valence-electron chi connectivity index (χ4n) is 2.92. The predicted molar refractivity (Wildman–Crippen MR) is 132 cm³/mol. The number of esters is 2. The molecule has 4 nitrogen and oxygen atoms in total. The van der Waals surface area contributed by atoms with Gasteiger partial charge in [-0.15, -0.1) is 34.0 Å². The van der Waals surface area contributed by atoms with Gasteiger partial charge in [-0.25, -0.2) is 9.59 Å². The maximum atomic E-state index is 12.8. The van der Waals surface area contributed by atoms with Gasteiger partial charge in [0.15, 0.2) is 0 Å². The number of carbonyl (C=O) groups excluding carboxylic acids is 2. The number of hydrogen-bond donors (Lipinski definition) is 0. The van der Waals surface area contributed by atoms with Crippen molar-refractivity contribution in [1.82, 2.24) is 0 Å². The van der Waals surface area contributed by atoms with Crippen molar-refractivity contribution in [2.75, 3.05) is 13.2 Å². The number of aryl methyl sites for hydroxylation is 2. The van der Waals surface area contributed by atoms with Gasteiger partial charge in [0.1, 0.15) is 0 Å². The van der Waals surface area contributed by atoms with Crippen molar-refractivity contribution in [3.63, 3.8) is 0 Å². The Bertz CT molecular complexity index is 1040. The van der Waals surface area contributed by atoms with Crippen molar-refractivity contribution >= 4 is 70.3 Å². The normalized spacial score (nSPS) is 11.5. The molecule has 0 atom stereocenters. The van der Waals surface area contributed by atoms with E-state index in [4.69, 9.17) is 9.47 Å². The molecule has 0 saturated heterocycles. The van der Waals surface area contributed by atoms with Crippen LogP contribution in [-0.2, 0) is 9.47 Å². The predicted octanol–water partition coefficient (Wildman–Crippen LogP) is 7.18. The monoisotopic (exact) mass is 472 g/mol. The Labute approximate surface area is 194 Å². The van der Waals surface area contributed by atoms with Gasteiger partial charge in [0.25, 0.3) is 0 Å². The summed E-state index contributed by atoms with van der Waals surface area (Å²) in [4.78, 5) is 31.6. The first kappa shape index (κ1) is 23.2. The van der Waals surface area contributed by atoms with E-state index in [0.29, 0.717) is 9.75 Å². The minimum absolute atomic E-state index is 0.226. The molecular formula is C24H24O4S3. The molecule has 0 aliphatic carbocycles. The largest absolute Gasteiger partial charge is 0.462 e. The van der Waals surface area contributed by atoms with E-state index < -0.39 is 11.9 Å². The summed E-state index contributed by atoms with van der Waals surface area (Å²) in [7, 11) is 0. The molecule has 0 unspecified atom stereocenters. The van der Waals surface area contributed by atoms with Crippen LogP contribution in [0.2, 0.25) is 0 Å². The highest BCUT2D eigenvalue weighted by Gasteiger charge is 2.28. The molecule has 0 fully saturated rings. The third-order valence-electron chi connectivity index (χ3n) is 4.24. The highest BCUT2D eigenvalue weighted by atomic mass is 32.1. The average Bonchev–Trinajstić information content (AvgIpc) is 3.43. The Hall–Kier alpha value is -2.48. The van der Waals surface area contributed by atoms with Crippen molar-refractivity contribution in [2.45, 2.75) is 27.7 Å². The van der Waals surface area contributed by atoms with Gasteiger partial charge < -0.3 is 9.47 Å². The molecule has 3 heterocycles. The van der Waals surface area contributed by atoms with E-state index in [9.17, 15) is 9.59 Å². The second-order valence-corrected chi connectivity index (χ2v) is 10.3. The minimum atomic E-state index is -0.518. The van der Waals surface area contributed by atoms with E-state index in [1.807, 2.05) is 62.4 Å². The van der Waals surface area contributed by atoms with Crippen LogP contribution in [0, 0.1) is 13.8 Å². The summed E-state index contributed by atoms with van der Waals surface area (Å²) >= 11 is 4.71. The third-order valence-corrected chi connectivity index (χ3v) is 7.29. The lowest BCUT2D eigenvalue weighted by Gasteiger charge is -2.06. The molecule has 0 aliphatic rings. The lowest BCUT2D eigenvalue weighted by molar-refractivity contribution is 0.0480. The lowest BCUT2D eigenvalue weighted by Crippen LogP contribution is -2.14. The molecule has 0 spiro atoms. The second kappa shape index (κ2) is 10.7. The SMILES string of the molecule is CCOC(=O)c1c(/C=C/c2ccc(C)s2)sc(/C=C/c2ccc(C)s2)c1C(=O)OCC. The number of carbonyl (C=O) groups is 2. The summed E-state index contributed by atoms with van der Waals surface area (Å²) in [5, 5.41) is 0. The molecule has 3 aromatic heterocycles. The van der Waals surface area contributed by atoms with Crippen LogP contribution in [0.4, 0.5) is 0 Å². The molecule has 0 saturated carbocycles. The average molecular weight is 473 g/mol. The number of rotatable bonds is 8. The van der Waals surface area contributed by atoms with E-state index >= 15 is 0 Å². The van der Waals surface area contributed by atoms with Crippen LogP contribution >= 0.6 is 34.0 Å². The Morgan fingerprint density at radius 2 is 1.13 bits per heavy atom. The van der Waals surface area contributed by atoms with Crippen molar-refractivity contribution in [2.24, 2.45) is 0 Å². The van der Waals surface area contributed by atoms with Gasteiger partial charge in [0.05, 0.1) is 24.3 Å². The minimum Gasteiger partial charge on any atom is -0.462 e. The molecule has 0 radical (unpaired) electrons. The summed E-state index contributed by atoms with van der Waals surface area (Å²) in [6.07, 6.45) is 7.66. The first-order valence-corrected chi connectivity index (χ1v) is 12.4. The quantitative estimate of drug-likeness (QED) is 0.326. The van der Waals surface area contributed by atoms with Gasteiger partial charge in [-0.2, -0.15) is 0 Å². The zero-order valence-electron chi connectivity index (χ0n) is 17.9. The van der Waals surface area contributed by atoms with Gasteiger partial charge >= 0.3 is 11.9 Å². The fraction of sp³-hybridized carbons (Fsp3) is 0.250. The molecule has 0 aromatic carbocycles. The molecule has 3 aromatic rings. The van der Waals surface area contributed by atoms with E-state index in [0.717, 1.165) is 9.75 Å². The Morgan fingerprint density at radius 1 is 0.710 bits per heavy atom. The van der Waals surface area contributed by atoms with Gasteiger partial charge in [-0.05, 0) is 76.3 Å². The van der Waals surface area contributed by atoms with Gasteiger partial charge in [0, 0.05) is 29.3 Å². The molecule has 3 rings (SSSR count). The van der Waals surface area contributed by atoms with Gasteiger partial charge in [-0.1, -0.05) is 0 Å². The molecule has 0 aliphatic heterocycles. The van der Waals surface area contributed by atoms with Crippen LogP contribution in [0.5, 0.6) is 0 Å². The summed E-state index contributed by atoms with van der Waals surface area (Å²) in [5.74, 6) is -1.04. The molecule has 0 N–H and O–H groups in total. The van der Waals surface area contributed by atoms with Crippen LogP contribution in [-0.4, -0.2) is 25.2 Å². The smallest absolute Gasteiger partial charge is 0.340 e. The third kappa shape index (κ3) is 5.81. The van der Waals surface area contributed by atoms with Crippen molar-refractivity contribution in [1.29, 1.82) is 0 Å². The van der Waals surface area contributed by atoms with Crippen LogP contribution in [0.3, 0.4) is 0 Å². The zero-order chi connectivity index (χ0) is 22.4. The van der Waals surface area contributed by atoms with Gasteiger partial charge in [-0.3, -0.25) is 0 Å². The molecule has 0 amide bonds. The Kier molecular flexibility index (Phi) is 8.01. The van der Waals surface area contributed by atoms with E-state index in [2.05, 4.69) is 0 Å². The van der Waals surface area contributed by atoms with E-state index in [-0.39, 0.29) is 24.3 Å². The molecule has 0 bridgehead atoms. The summed E-state index contributed by atoms with van der Waals surface area (Å²) in [6.45, 7) is 8.04. The molecular weight excluding hydrogens is 448 g/mol. The number of hydrogen-bond acceptors (Lipinski definition) is 7. The second-order valence-electron chi connectivity index (χ2n) is 6.59. The van der Waals surface area contributed by atoms with Crippen molar-refractivity contribution < 1.29 is 19.1 Å². The zero-order valence-corrected chi connectivity index (χ0v) is 20.3. The number of ether oxygens (including phenoxy) is 2. The van der Waals surface area contributed by atoms with Crippen LogP contribution < -0.4 is 0 Å². The summed E-state index contributed by atoms with van der Waals surface area (Å²) in [5.41, 5.74) is 0.522. The highest BCUT2D eigenvalue weighted by molar-refractivity contribution is 7.15. The van der Waals surface area contributed by atoms with Crippen molar-refractivity contribution in [3.8, 4) is 0 Å². The first-order valence-electron chi connectivity index (χ1n) is 9.93. The molecule has 31 heavy (non-hydrogen) atoms. The van der Waals surface area contributed by atoms with Gasteiger partial charge in [0.2, 0.25) is 0 Å². The highest BCUT2D eigenvalue weighted by Crippen LogP contribution is 2.34.